The van der Waals surface area contributed by atoms with Crippen LogP contribution in [0.5, 0.6) is 17.5 Å². The fourth-order valence-corrected chi connectivity index (χ4v) is 5.89. The number of hydrogen-bond donors (Lipinski definition) is 2. The lowest BCUT2D eigenvalue weighted by atomic mass is 9.78. The van der Waals surface area contributed by atoms with E-state index in [1.54, 1.807) is 30.5 Å². The average molecular weight is 664 g/mol. The Morgan fingerprint density at radius 3 is 2.22 bits per heavy atom. The van der Waals surface area contributed by atoms with E-state index in [2.05, 4.69) is 58.7 Å². The number of rotatable bonds is 13. The van der Waals surface area contributed by atoms with Crippen LogP contribution in [0.15, 0.2) is 79.0 Å². The molecule has 4 aromatic rings. The molecule has 4 amide bonds. The number of methoxy groups -OCH3 is 1. The highest BCUT2D eigenvalue weighted by molar-refractivity contribution is 6.23. The Balaban J connectivity index is 0.964. The highest BCUT2D eigenvalue weighted by Crippen LogP contribution is 2.34. The molecule has 1 unspecified atom stereocenters. The molecule has 2 aliphatic rings. The highest BCUT2D eigenvalue weighted by Gasteiger charge is 2.44. The van der Waals surface area contributed by atoms with Crippen molar-refractivity contribution in [3.8, 4) is 17.5 Å². The van der Waals surface area contributed by atoms with Gasteiger partial charge in [-0.1, -0.05) is 38.1 Å². The summed E-state index contributed by atoms with van der Waals surface area (Å²) in [6, 6.07) is 22.2. The first-order chi connectivity index (χ1) is 23.6. The number of benzene rings is 3. The van der Waals surface area contributed by atoms with Crippen LogP contribution >= 0.6 is 0 Å². The van der Waals surface area contributed by atoms with Crippen LogP contribution in [0, 0.1) is 0 Å². The van der Waals surface area contributed by atoms with Gasteiger partial charge in [-0.15, -0.1) is 0 Å². The molecule has 2 N–H and O–H groups in total. The first-order valence-electron chi connectivity index (χ1n) is 16.1. The van der Waals surface area contributed by atoms with Gasteiger partial charge in [-0.05, 0) is 72.5 Å². The van der Waals surface area contributed by atoms with Crippen molar-refractivity contribution >= 4 is 29.3 Å². The fourth-order valence-electron chi connectivity index (χ4n) is 5.89. The van der Waals surface area contributed by atoms with Crippen LogP contribution in [-0.4, -0.2) is 64.8 Å². The number of imide groups is 2. The molecule has 49 heavy (non-hydrogen) atoms. The third-order valence-electron chi connectivity index (χ3n) is 8.77. The number of aromatic nitrogens is 2. The summed E-state index contributed by atoms with van der Waals surface area (Å²) < 4.78 is 16.9. The molecule has 252 valence electrons. The highest BCUT2D eigenvalue weighted by atomic mass is 16.5. The van der Waals surface area contributed by atoms with Gasteiger partial charge in [-0.3, -0.25) is 29.4 Å². The molecule has 0 radical (unpaired) electrons. The van der Waals surface area contributed by atoms with Gasteiger partial charge in [0.25, 0.3) is 11.8 Å². The Labute approximate surface area is 283 Å². The molecule has 1 saturated heterocycles. The Morgan fingerprint density at radius 2 is 1.55 bits per heavy atom. The lowest BCUT2D eigenvalue weighted by molar-refractivity contribution is -0.136. The number of carbonyl (C=O) groups is 4. The fraction of sp³-hybridized carbons (Fsp3) is 0.297. The maximum Gasteiger partial charge on any atom is 0.316 e. The van der Waals surface area contributed by atoms with Gasteiger partial charge in [0.05, 0.1) is 30.5 Å². The van der Waals surface area contributed by atoms with Gasteiger partial charge >= 0.3 is 6.01 Å². The van der Waals surface area contributed by atoms with E-state index in [4.69, 9.17) is 14.2 Å². The number of nitrogens with zero attached hydrogens (tertiary/aromatic N) is 3. The molecule has 1 aromatic heterocycles. The molecule has 0 aliphatic carbocycles. The van der Waals surface area contributed by atoms with Crippen LogP contribution in [0.3, 0.4) is 0 Å². The Morgan fingerprint density at radius 1 is 0.878 bits per heavy atom. The zero-order valence-electron chi connectivity index (χ0n) is 27.5. The van der Waals surface area contributed by atoms with Crippen LogP contribution < -0.4 is 24.8 Å². The molecule has 2 aliphatic heterocycles. The molecule has 0 saturated carbocycles. The first-order valence-corrected chi connectivity index (χ1v) is 16.1. The summed E-state index contributed by atoms with van der Waals surface area (Å²) in [5, 5.41) is 5.48. The molecule has 1 fully saturated rings. The van der Waals surface area contributed by atoms with Crippen LogP contribution in [0.2, 0.25) is 0 Å². The Bertz CT molecular complexity index is 1880. The Hall–Kier alpha value is -5.78. The number of ether oxygens (including phenoxy) is 3. The number of piperidine rings is 1. The van der Waals surface area contributed by atoms with E-state index in [9.17, 15) is 19.2 Å². The number of anilines is 1. The second kappa shape index (κ2) is 14.1. The van der Waals surface area contributed by atoms with Crippen LogP contribution in [0.25, 0.3) is 0 Å². The standard InChI is InChI=1S/C37H37N5O7/c1-37(2,24-7-12-28(13-8-24)49-22-26-17-19-39-36(40-26)47-3)23-5-10-27(11-6-23)48-20-4-18-38-25-9-14-29-30(21-25)35(46)42(34(29)45)31-15-16-32(43)41-33(31)44/h5-14,17,19,21,31,38H,4,15-16,18,20,22H2,1-3H3,(H,41,43,44). The van der Waals surface area contributed by atoms with E-state index in [0.29, 0.717) is 37.9 Å². The zero-order chi connectivity index (χ0) is 34.5. The monoisotopic (exact) mass is 663 g/mol. The molecule has 12 nitrogen and oxygen atoms in total. The summed E-state index contributed by atoms with van der Waals surface area (Å²) in [7, 11) is 1.53. The summed E-state index contributed by atoms with van der Waals surface area (Å²) in [5.74, 6) is -0.583. The van der Waals surface area contributed by atoms with E-state index in [-0.39, 0.29) is 29.4 Å². The van der Waals surface area contributed by atoms with Gasteiger partial charge in [0.2, 0.25) is 11.8 Å². The summed E-state index contributed by atoms with van der Waals surface area (Å²) in [4.78, 5) is 59.0. The number of nitrogens with one attached hydrogen (secondary N) is 2. The second-order valence-corrected chi connectivity index (χ2v) is 12.3. The molecule has 6 rings (SSSR count). The van der Waals surface area contributed by atoms with Crippen molar-refractivity contribution in [2.45, 2.75) is 51.2 Å². The van der Waals surface area contributed by atoms with Gasteiger partial charge in [-0.2, -0.15) is 4.98 Å². The zero-order valence-corrected chi connectivity index (χ0v) is 27.5. The number of hydrogen-bond acceptors (Lipinski definition) is 10. The molecule has 0 bridgehead atoms. The molecule has 0 spiro atoms. The molecule has 1 atom stereocenters. The van der Waals surface area contributed by atoms with Crippen molar-refractivity contribution in [2.75, 3.05) is 25.6 Å². The number of amides is 4. The molecule has 3 heterocycles. The van der Waals surface area contributed by atoms with Gasteiger partial charge in [0.15, 0.2) is 0 Å². The van der Waals surface area contributed by atoms with Crippen molar-refractivity contribution in [3.63, 3.8) is 0 Å². The lowest BCUT2D eigenvalue weighted by Crippen LogP contribution is -2.54. The van der Waals surface area contributed by atoms with E-state index in [0.717, 1.165) is 33.2 Å². The largest absolute Gasteiger partial charge is 0.494 e. The predicted octanol–water partition coefficient (Wildman–Crippen LogP) is 4.67. The molecule has 3 aromatic carbocycles. The van der Waals surface area contributed by atoms with E-state index in [1.807, 2.05) is 24.3 Å². The van der Waals surface area contributed by atoms with E-state index < -0.39 is 29.7 Å². The molecule has 12 heteroatoms. The van der Waals surface area contributed by atoms with E-state index in [1.165, 1.54) is 7.11 Å². The van der Waals surface area contributed by atoms with Crippen LogP contribution in [0.1, 0.15) is 70.6 Å². The number of fused-ring (bicyclic) bond motifs is 1. The van der Waals surface area contributed by atoms with Gasteiger partial charge in [0, 0.05) is 30.3 Å². The topological polar surface area (TPSA) is 149 Å². The maximum absolute atomic E-state index is 13.1. The minimum Gasteiger partial charge on any atom is -0.494 e. The average Bonchev–Trinajstić information content (AvgIpc) is 3.35. The minimum atomic E-state index is -0.988. The van der Waals surface area contributed by atoms with Gasteiger partial charge < -0.3 is 19.5 Å². The van der Waals surface area contributed by atoms with Crippen LogP contribution in [-0.2, 0) is 21.6 Å². The summed E-state index contributed by atoms with van der Waals surface area (Å²) >= 11 is 0. The Kier molecular flexibility index (Phi) is 9.56. The summed E-state index contributed by atoms with van der Waals surface area (Å²) in [6.45, 7) is 5.71. The van der Waals surface area contributed by atoms with Gasteiger partial charge in [0.1, 0.15) is 24.1 Å². The van der Waals surface area contributed by atoms with Crippen LogP contribution in [0.4, 0.5) is 5.69 Å². The summed E-state index contributed by atoms with van der Waals surface area (Å²) in [5.41, 5.74) is 3.94. The van der Waals surface area contributed by atoms with Crippen molar-refractivity contribution in [3.05, 3.63) is 107 Å². The van der Waals surface area contributed by atoms with E-state index >= 15 is 0 Å². The quantitative estimate of drug-likeness (QED) is 0.153. The lowest BCUT2D eigenvalue weighted by Gasteiger charge is -2.27. The molecular weight excluding hydrogens is 626 g/mol. The van der Waals surface area contributed by atoms with Crippen molar-refractivity contribution in [1.82, 2.24) is 20.2 Å². The SMILES string of the molecule is COc1nccc(COc2ccc(C(C)(C)c3ccc(OCCCNc4ccc5c(c4)C(=O)N(C4CCC(=O)NC4=O)C5=O)cc3)cc2)n1. The van der Waals surface area contributed by atoms with Crippen molar-refractivity contribution < 1.29 is 33.4 Å². The van der Waals surface area contributed by atoms with Crippen molar-refractivity contribution in [1.29, 1.82) is 0 Å². The number of carbonyl (C=O) groups excluding carboxylic acids is 4. The predicted molar refractivity (Wildman–Crippen MR) is 180 cm³/mol. The maximum atomic E-state index is 13.1. The first kappa shape index (κ1) is 33.1. The third-order valence-corrected chi connectivity index (χ3v) is 8.77. The summed E-state index contributed by atoms with van der Waals surface area (Å²) in [6.07, 6.45) is 2.53. The normalized spacial score (nSPS) is 15.9. The smallest absolute Gasteiger partial charge is 0.316 e. The van der Waals surface area contributed by atoms with Crippen molar-refractivity contribution in [2.24, 2.45) is 0 Å². The third kappa shape index (κ3) is 7.23. The molecular formula is C37H37N5O7. The second-order valence-electron chi connectivity index (χ2n) is 12.3. The minimum absolute atomic E-state index is 0.0795. The van der Waals surface area contributed by atoms with Gasteiger partial charge in [-0.25, -0.2) is 4.98 Å².